The highest BCUT2D eigenvalue weighted by molar-refractivity contribution is 7.91. The van der Waals surface area contributed by atoms with Crippen molar-refractivity contribution in [2.45, 2.75) is 9.79 Å². The standard InChI is InChI=1S/C16H13N3O6S/c1-17-11-8-13(19(22)23)14(9-12(11)18(2)16(21)15(17)20)26(24,25)10-6-4-3-5-7-10/h3-9H,1-2H3. The van der Waals surface area contributed by atoms with Gasteiger partial charge in [-0.05, 0) is 18.2 Å². The molecule has 0 fully saturated rings. The normalized spacial score (nSPS) is 11.6. The topological polar surface area (TPSA) is 121 Å². The van der Waals surface area contributed by atoms with Gasteiger partial charge in [-0.25, -0.2) is 8.42 Å². The summed E-state index contributed by atoms with van der Waals surface area (Å²) in [7, 11) is -1.61. The van der Waals surface area contributed by atoms with Crippen molar-refractivity contribution in [3.8, 4) is 0 Å². The van der Waals surface area contributed by atoms with E-state index in [1.807, 2.05) is 0 Å². The van der Waals surface area contributed by atoms with Crippen LogP contribution in [0.3, 0.4) is 0 Å². The number of hydrogen-bond donors (Lipinski definition) is 0. The molecule has 0 N–H and O–H groups in total. The lowest BCUT2D eigenvalue weighted by molar-refractivity contribution is -0.387. The molecule has 0 aliphatic carbocycles. The van der Waals surface area contributed by atoms with Crippen molar-refractivity contribution in [1.82, 2.24) is 9.13 Å². The zero-order valence-electron chi connectivity index (χ0n) is 13.7. The number of hydrogen-bond acceptors (Lipinski definition) is 6. The summed E-state index contributed by atoms with van der Waals surface area (Å²) in [6.45, 7) is 0. The van der Waals surface area contributed by atoms with Gasteiger partial charge in [-0.2, -0.15) is 0 Å². The van der Waals surface area contributed by atoms with E-state index in [2.05, 4.69) is 0 Å². The second-order valence-corrected chi connectivity index (χ2v) is 7.53. The minimum Gasteiger partial charge on any atom is -0.305 e. The van der Waals surface area contributed by atoms with E-state index >= 15 is 0 Å². The van der Waals surface area contributed by atoms with Gasteiger partial charge in [0.15, 0.2) is 4.90 Å². The number of benzene rings is 2. The Morgan fingerprint density at radius 1 is 0.923 bits per heavy atom. The fraction of sp³-hybridized carbons (Fsp3) is 0.125. The summed E-state index contributed by atoms with van der Waals surface area (Å²) in [5.41, 5.74) is -2.23. The van der Waals surface area contributed by atoms with Gasteiger partial charge in [0.05, 0.1) is 20.9 Å². The van der Waals surface area contributed by atoms with Crippen LogP contribution in [0.2, 0.25) is 0 Å². The van der Waals surface area contributed by atoms with Crippen LogP contribution in [0.5, 0.6) is 0 Å². The highest BCUT2D eigenvalue weighted by Gasteiger charge is 2.29. The maximum absolute atomic E-state index is 12.9. The maximum Gasteiger partial charge on any atom is 0.316 e. The zero-order valence-corrected chi connectivity index (χ0v) is 14.6. The van der Waals surface area contributed by atoms with Gasteiger partial charge in [0.1, 0.15) is 0 Å². The van der Waals surface area contributed by atoms with Crippen LogP contribution in [0.25, 0.3) is 11.0 Å². The van der Waals surface area contributed by atoms with Crippen molar-refractivity contribution < 1.29 is 13.3 Å². The molecule has 10 heteroatoms. The van der Waals surface area contributed by atoms with Crippen molar-refractivity contribution >= 4 is 26.6 Å². The van der Waals surface area contributed by atoms with Crippen molar-refractivity contribution in [3.63, 3.8) is 0 Å². The van der Waals surface area contributed by atoms with E-state index in [0.717, 1.165) is 21.3 Å². The summed E-state index contributed by atoms with van der Waals surface area (Å²) in [5, 5.41) is 11.5. The van der Waals surface area contributed by atoms with Crippen molar-refractivity contribution in [2.75, 3.05) is 0 Å². The summed E-state index contributed by atoms with van der Waals surface area (Å²) in [4.78, 5) is 33.9. The SMILES string of the molecule is Cn1c(=O)c(=O)n(C)c2cc(S(=O)(=O)c3ccccc3)c([N+](=O)[O-])cc21. The van der Waals surface area contributed by atoms with E-state index < -0.39 is 36.5 Å². The number of sulfone groups is 1. The molecule has 0 radical (unpaired) electrons. The molecule has 0 unspecified atom stereocenters. The molecule has 0 aliphatic rings. The largest absolute Gasteiger partial charge is 0.316 e. The van der Waals surface area contributed by atoms with Gasteiger partial charge in [-0.1, -0.05) is 18.2 Å². The molecule has 0 aliphatic heterocycles. The van der Waals surface area contributed by atoms with Gasteiger partial charge in [-0.3, -0.25) is 19.7 Å². The molecule has 0 amide bonds. The lowest BCUT2D eigenvalue weighted by Crippen LogP contribution is -2.39. The predicted molar refractivity (Wildman–Crippen MR) is 93.0 cm³/mol. The number of nitrogens with zero attached hydrogens (tertiary/aromatic N) is 3. The number of fused-ring (bicyclic) bond motifs is 1. The molecule has 0 atom stereocenters. The molecule has 0 bridgehead atoms. The fourth-order valence-corrected chi connectivity index (χ4v) is 4.12. The Morgan fingerprint density at radius 2 is 1.42 bits per heavy atom. The Hall–Kier alpha value is -3.27. The van der Waals surface area contributed by atoms with Crippen molar-refractivity contribution in [1.29, 1.82) is 0 Å². The fourth-order valence-electron chi connectivity index (χ4n) is 2.67. The summed E-state index contributed by atoms with van der Waals surface area (Å²) >= 11 is 0. The Balaban J connectivity index is 2.51. The van der Waals surface area contributed by atoms with E-state index in [9.17, 15) is 28.1 Å². The van der Waals surface area contributed by atoms with Crippen LogP contribution in [0.4, 0.5) is 5.69 Å². The molecule has 3 rings (SSSR count). The molecular weight excluding hydrogens is 362 g/mol. The first-order valence-electron chi connectivity index (χ1n) is 7.34. The van der Waals surface area contributed by atoms with E-state index in [-0.39, 0.29) is 15.9 Å². The van der Waals surface area contributed by atoms with E-state index in [1.165, 1.54) is 38.4 Å². The van der Waals surface area contributed by atoms with Gasteiger partial charge in [0.2, 0.25) is 9.84 Å². The monoisotopic (exact) mass is 375 g/mol. The van der Waals surface area contributed by atoms with Gasteiger partial charge in [0, 0.05) is 20.2 Å². The van der Waals surface area contributed by atoms with Crippen LogP contribution in [0.15, 0.2) is 61.8 Å². The maximum atomic E-state index is 12.9. The lowest BCUT2D eigenvalue weighted by Gasteiger charge is -2.12. The Morgan fingerprint density at radius 3 is 1.92 bits per heavy atom. The molecule has 0 spiro atoms. The Bertz CT molecular complexity index is 1270. The van der Waals surface area contributed by atoms with Crippen LogP contribution in [0, 0.1) is 10.1 Å². The van der Waals surface area contributed by atoms with Crippen LogP contribution in [-0.4, -0.2) is 22.5 Å². The number of aryl methyl sites for hydroxylation is 2. The Labute approximate surface area is 146 Å². The third kappa shape index (κ3) is 2.51. The Kier molecular flexibility index (Phi) is 3.99. The average Bonchev–Trinajstić information content (AvgIpc) is 2.64. The molecular formula is C16H13N3O6S. The summed E-state index contributed by atoms with van der Waals surface area (Å²) < 4.78 is 27.7. The van der Waals surface area contributed by atoms with Gasteiger partial charge < -0.3 is 9.13 Å². The third-order valence-electron chi connectivity index (χ3n) is 4.11. The lowest BCUT2D eigenvalue weighted by atomic mass is 10.2. The smallest absolute Gasteiger partial charge is 0.305 e. The second kappa shape index (κ2) is 5.92. The van der Waals surface area contributed by atoms with E-state index in [1.54, 1.807) is 6.07 Å². The number of aromatic nitrogens is 2. The highest BCUT2D eigenvalue weighted by atomic mass is 32.2. The first kappa shape index (κ1) is 17.5. The predicted octanol–water partition coefficient (Wildman–Crippen LogP) is 0.978. The molecule has 1 heterocycles. The van der Waals surface area contributed by atoms with Gasteiger partial charge in [-0.15, -0.1) is 0 Å². The van der Waals surface area contributed by atoms with Crippen molar-refractivity contribution in [3.05, 3.63) is 73.3 Å². The average molecular weight is 375 g/mol. The van der Waals surface area contributed by atoms with E-state index in [0.29, 0.717) is 0 Å². The molecule has 0 saturated heterocycles. The van der Waals surface area contributed by atoms with Gasteiger partial charge in [0.25, 0.3) is 5.69 Å². The van der Waals surface area contributed by atoms with E-state index in [4.69, 9.17) is 0 Å². The van der Waals surface area contributed by atoms with Crippen LogP contribution >= 0.6 is 0 Å². The summed E-state index contributed by atoms with van der Waals surface area (Å²) in [5.74, 6) is 0. The number of rotatable bonds is 3. The number of nitro groups is 1. The highest BCUT2D eigenvalue weighted by Crippen LogP contribution is 2.32. The molecule has 26 heavy (non-hydrogen) atoms. The first-order valence-corrected chi connectivity index (χ1v) is 8.83. The molecule has 2 aromatic carbocycles. The second-order valence-electron chi connectivity index (χ2n) is 5.61. The molecule has 3 aromatic rings. The summed E-state index contributed by atoms with van der Waals surface area (Å²) in [6, 6.07) is 9.31. The van der Waals surface area contributed by atoms with Crippen molar-refractivity contribution in [2.24, 2.45) is 14.1 Å². The molecule has 134 valence electrons. The van der Waals surface area contributed by atoms with Crippen LogP contribution < -0.4 is 11.1 Å². The quantitative estimate of drug-likeness (QED) is 0.382. The first-order chi connectivity index (χ1) is 12.2. The minimum absolute atomic E-state index is 0.0795. The zero-order chi connectivity index (χ0) is 19.2. The molecule has 0 saturated carbocycles. The molecule has 9 nitrogen and oxygen atoms in total. The van der Waals surface area contributed by atoms with Gasteiger partial charge >= 0.3 is 11.1 Å². The number of nitro benzene ring substituents is 1. The molecule has 1 aromatic heterocycles. The van der Waals surface area contributed by atoms with Crippen LogP contribution in [0.1, 0.15) is 0 Å². The summed E-state index contributed by atoms with van der Waals surface area (Å²) in [6.07, 6.45) is 0. The third-order valence-corrected chi connectivity index (χ3v) is 5.91. The van der Waals surface area contributed by atoms with Crippen LogP contribution in [-0.2, 0) is 23.9 Å². The minimum atomic E-state index is -4.20.